The molecule has 1 atom stereocenters. The lowest BCUT2D eigenvalue weighted by Gasteiger charge is -2.12. The Morgan fingerprint density at radius 2 is 1.56 bits per heavy atom. The summed E-state index contributed by atoms with van der Waals surface area (Å²) in [6, 6.07) is 17.2. The smallest absolute Gasteiger partial charge is 0.224 e. The van der Waals surface area contributed by atoms with Crippen LogP contribution in [-0.2, 0) is 0 Å². The van der Waals surface area contributed by atoms with Crippen LogP contribution in [0.25, 0.3) is 22.3 Å². The Labute approximate surface area is 143 Å². The molecule has 0 aliphatic carbocycles. The number of hydrogen-bond donors (Lipinski definition) is 2. The van der Waals surface area contributed by atoms with Gasteiger partial charge in [0.25, 0.3) is 0 Å². The fourth-order valence-electron chi connectivity index (χ4n) is 2.75. The molecule has 0 aliphatic heterocycles. The monoisotopic (exact) mass is 334 g/mol. The highest BCUT2D eigenvalue weighted by Gasteiger charge is 2.18. The summed E-state index contributed by atoms with van der Waals surface area (Å²) < 4.78 is 16.3. The topological polar surface area (TPSA) is 95.6 Å². The highest BCUT2D eigenvalue weighted by molar-refractivity contribution is 5.82. The van der Waals surface area contributed by atoms with Crippen molar-refractivity contribution in [2.75, 3.05) is 11.5 Å². The Morgan fingerprint density at radius 1 is 0.880 bits per heavy atom. The van der Waals surface area contributed by atoms with Crippen LogP contribution in [0.3, 0.4) is 0 Å². The fourth-order valence-corrected chi connectivity index (χ4v) is 2.75. The van der Waals surface area contributed by atoms with E-state index in [1.807, 2.05) is 42.5 Å². The van der Waals surface area contributed by atoms with Crippen LogP contribution in [0.2, 0.25) is 0 Å². The number of imidazole rings is 1. The summed E-state index contributed by atoms with van der Waals surface area (Å²) in [6.07, 6.45) is -0.103. The van der Waals surface area contributed by atoms with Crippen LogP contribution in [0.15, 0.2) is 60.9 Å². The third-order valence-corrected chi connectivity index (χ3v) is 4.00. The summed E-state index contributed by atoms with van der Waals surface area (Å²) in [7, 11) is 0. The zero-order valence-corrected chi connectivity index (χ0v) is 13.2. The van der Waals surface area contributed by atoms with Crippen LogP contribution in [0.1, 0.15) is 11.9 Å². The maximum atomic E-state index is 15.0. The molecular weight excluding hydrogens is 319 g/mol. The van der Waals surface area contributed by atoms with Gasteiger partial charge in [-0.2, -0.15) is 9.97 Å². The van der Waals surface area contributed by atoms with Gasteiger partial charge in [0.2, 0.25) is 12.2 Å². The lowest BCUT2D eigenvalue weighted by molar-refractivity contribution is 0.300. The number of hydrogen-bond acceptors (Lipinski definition) is 5. The molecule has 1 unspecified atom stereocenters. The second-order valence-corrected chi connectivity index (χ2v) is 5.61. The molecule has 25 heavy (non-hydrogen) atoms. The van der Waals surface area contributed by atoms with Crippen LogP contribution < -0.4 is 11.5 Å². The van der Waals surface area contributed by atoms with E-state index in [9.17, 15) is 0 Å². The Hall–Kier alpha value is -3.48. The highest BCUT2D eigenvalue weighted by Crippen LogP contribution is 2.28. The van der Waals surface area contributed by atoms with Crippen LogP contribution >= 0.6 is 0 Å². The Morgan fingerprint density at radius 3 is 2.28 bits per heavy atom. The molecule has 2 aromatic carbocycles. The first-order chi connectivity index (χ1) is 12.1. The van der Waals surface area contributed by atoms with Gasteiger partial charge in [0.15, 0.2) is 11.5 Å². The lowest BCUT2D eigenvalue weighted by atomic mass is 10.0. The number of nitrogen functional groups attached to an aromatic ring is 2. The molecule has 6 nitrogen and oxygen atoms in total. The van der Waals surface area contributed by atoms with Crippen molar-refractivity contribution in [3.63, 3.8) is 0 Å². The Kier molecular flexibility index (Phi) is 3.53. The number of alkyl halides is 1. The molecule has 0 bridgehead atoms. The SMILES string of the molecule is Nc1nc(N)c2ncn(C(F)c3ccc(-c4ccccc4)cc3)c2n1. The fraction of sp³-hybridized carbons (Fsp3) is 0.0556. The van der Waals surface area contributed by atoms with E-state index in [2.05, 4.69) is 15.0 Å². The van der Waals surface area contributed by atoms with E-state index in [-0.39, 0.29) is 17.4 Å². The number of fused-ring (bicyclic) bond motifs is 1. The molecule has 2 heterocycles. The number of rotatable bonds is 3. The molecule has 7 heteroatoms. The molecule has 0 aliphatic rings. The van der Waals surface area contributed by atoms with Crippen molar-refractivity contribution in [1.82, 2.24) is 19.5 Å². The summed E-state index contributed by atoms with van der Waals surface area (Å²) in [5.41, 5.74) is 14.5. The van der Waals surface area contributed by atoms with Crippen LogP contribution in [-0.4, -0.2) is 19.5 Å². The van der Waals surface area contributed by atoms with E-state index < -0.39 is 6.30 Å². The summed E-state index contributed by atoms with van der Waals surface area (Å²) in [5.74, 6) is 0.117. The van der Waals surface area contributed by atoms with Crippen molar-refractivity contribution >= 4 is 22.9 Å². The molecule has 0 radical (unpaired) electrons. The van der Waals surface area contributed by atoms with E-state index >= 15 is 4.39 Å². The van der Waals surface area contributed by atoms with Gasteiger partial charge in [-0.15, -0.1) is 0 Å². The molecule has 4 N–H and O–H groups in total. The molecule has 2 aromatic heterocycles. The third kappa shape index (κ3) is 2.65. The van der Waals surface area contributed by atoms with Crippen molar-refractivity contribution in [1.29, 1.82) is 0 Å². The molecule has 0 spiro atoms. The summed E-state index contributed by atoms with van der Waals surface area (Å²) in [6.45, 7) is 0. The van der Waals surface area contributed by atoms with Gasteiger partial charge in [-0.1, -0.05) is 54.6 Å². The first-order valence-electron chi connectivity index (χ1n) is 7.68. The van der Waals surface area contributed by atoms with Crippen molar-refractivity contribution in [3.05, 3.63) is 66.5 Å². The molecule has 0 amide bonds. The minimum atomic E-state index is -1.46. The molecule has 0 fully saturated rings. The number of benzene rings is 2. The Balaban J connectivity index is 1.71. The quantitative estimate of drug-likeness (QED) is 0.600. The molecule has 4 rings (SSSR count). The minimum Gasteiger partial charge on any atom is -0.382 e. The van der Waals surface area contributed by atoms with E-state index in [0.29, 0.717) is 11.1 Å². The number of anilines is 2. The van der Waals surface area contributed by atoms with Crippen LogP contribution in [0.4, 0.5) is 16.2 Å². The normalized spacial score (nSPS) is 12.4. The summed E-state index contributed by atoms with van der Waals surface area (Å²) in [4.78, 5) is 12.0. The number of nitrogens with two attached hydrogens (primary N) is 2. The first kappa shape index (κ1) is 15.1. The second kappa shape index (κ2) is 5.86. The number of aromatic nitrogens is 4. The van der Waals surface area contributed by atoms with Gasteiger partial charge < -0.3 is 11.5 Å². The zero-order chi connectivity index (χ0) is 17.4. The summed E-state index contributed by atoms with van der Waals surface area (Å²) >= 11 is 0. The first-order valence-corrected chi connectivity index (χ1v) is 7.68. The predicted octanol–water partition coefficient (Wildman–Crippen LogP) is 3.17. The van der Waals surface area contributed by atoms with Crippen LogP contribution in [0, 0.1) is 0 Å². The average molecular weight is 334 g/mol. The van der Waals surface area contributed by atoms with Crippen LogP contribution in [0.5, 0.6) is 0 Å². The third-order valence-electron chi connectivity index (χ3n) is 4.00. The second-order valence-electron chi connectivity index (χ2n) is 5.61. The van der Waals surface area contributed by atoms with Gasteiger partial charge in [-0.25, -0.2) is 9.37 Å². The van der Waals surface area contributed by atoms with Crippen molar-refractivity contribution in [3.8, 4) is 11.1 Å². The van der Waals surface area contributed by atoms with Gasteiger partial charge in [-0.05, 0) is 11.1 Å². The maximum Gasteiger partial charge on any atom is 0.224 e. The Bertz CT molecular complexity index is 1030. The molecule has 0 saturated carbocycles. The van der Waals surface area contributed by atoms with Crippen molar-refractivity contribution in [2.45, 2.75) is 6.30 Å². The standard InChI is InChI=1S/C18H15FN6/c19-15(25-10-22-14-16(20)23-18(21)24-17(14)25)13-8-6-12(7-9-13)11-4-2-1-3-5-11/h1-10,15H,(H4,20,21,23,24). The lowest BCUT2D eigenvalue weighted by Crippen LogP contribution is -2.07. The van der Waals surface area contributed by atoms with Gasteiger partial charge >= 0.3 is 0 Å². The van der Waals surface area contributed by atoms with E-state index in [4.69, 9.17) is 11.5 Å². The van der Waals surface area contributed by atoms with Gasteiger partial charge in [0, 0.05) is 5.56 Å². The zero-order valence-electron chi connectivity index (χ0n) is 13.2. The minimum absolute atomic E-state index is 0.0154. The molecule has 124 valence electrons. The van der Waals surface area contributed by atoms with Gasteiger partial charge in [0.1, 0.15) is 5.52 Å². The van der Waals surface area contributed by atoms with E-state index in [1.54, 1.807) is 12.1 Å². The maximum absolute atomic E-state index is 15.0. The van der Waals surface area contributed by atoms with Crippen molar-refractivity contribution in [2.24, 2.45) is 0 Å². The predicted molar refractivity (Wildman–Crippen MR) is 95.3 cm³/mol. The van der Waals surface area contributed by atoms with Crippen molar-refractivity contribution < 1.29 is 4.39 Å². The van der Waals surface area contributed by atoms with E-state index in [0.717, 1.165) is 11.1 Å². The average Bonchev–Trinajstić information content (AvgIpc) is 3.06. The van der Waals surface area contributed by atoms with Gasteiger partial charge in [-0.3, -0.25) is 4.57 Å². The molecule has 4 aromatic rings. The highest BCUT2D eigenvalue weighted by atomic mass is 19.1. The van der Waals surface area contributed by atoms with Gasteiger partial charge in [0.05, 0.1) is 6.33 Å². The van der Waals surface area contributed by atoms with E-state index in [1.165, 1.54) is 10.9 Å². The molecular formula is C18H15FN6. The number of halogens is 1. The number of nitrogens with zero attached hydrogens (tertiary/aromatic N) is 4. The molecule has 0 saturated heterocycles. The summed E-state index contributed by atoms with van der Waals surface area (Å²) in [5, 5.41) is 0. The largest absolute Gasteiger partial charge is 0.382 e.